The van der Waals surface area contributed by atoms with Gasteiger partial charge in [-0.15, -0.1) is 0 Å². The summed E-state index contributed by atoms with van der Waals surface area (Å²) < 4.78 is 0.886. The number of halogens is 2. The van der Waals surface area contributed by atoms with Crippen molar-refractivity contribution < 1.29 is 9.90 Å². The molecule has 0 aliphatic carbocycles. The number of carbonyl (C=O) groups is 1. The molecule has 1 aliphatic heterocycles. The number of likely N-dealkylation sites (tertiary alicyclic amines) is 1. The first kappa shape index (κ1) is 15.8. The van der Waals surface area contributed by atoms with Gasteiger partial charge in [0.15, 0.2) is 0 Å². The van der Waals surface area contributed by atoms with E-state index in [1.807, 2.05) is 18.2 Å². The second kappa shape index (κ2) is 5.66. The molecule has 0 saturated carbocycles. The third-order valence-corrected chi connectivity index (χ3v) is 4.87. The summed E-state index contributed by atoms with van der Waals surface area (Å²) in [6, 6.07) is 5.58. The summed E-state index contributed by atoms with van der Waals surface area (Å²) in [5, 5.41) is 10.2. The highest BCUT2D eigenvalue weighted by Crippen LogP contribution is 2.39. The van der Waals surface area contributed by atoms with Gasteiger partial charge < -0.3 is 5.11 Å². The fraction of sp³-hybridized carbons (Fsp3) is 0.533. The van der Waals surface area contributed by atoms with Crippen molar-refractivity contribution in [3.63, 3.8) is 0 Å². The molecule has 0 radical (unpaired) electrons. The average molecular weight is 361 g/mol. The van der Waals surface area contributed by atoms with Crippen molar-refractivity contribution in [1.29, 1.82) is 0 Å². The van der Waals surface area contributed by atoms with Crippen LogP contribution >= 0.6 is 27.5 Å². The van der Waals surface area contributed by atoms with E-state index in [1.54, 1.807) is 0 Å². The molecule has 3 nitrogen and oxygen atoms in total. The molecule has 1 saturated heterocycles. The Morgan fingerprint density at radius 1 is 1.40 bits per heavy atom. The van der Waals surface area contributed by atoms with Gasteiger partial charge in [-0.25, -0.2) is 0 Å². The topological polar surface area (TPSA) is 40.5 Å². The van der Waals surface area contributed by atoms with Crippen LogP contribution in [0.15, 0.2) is 22.7 Å². The lowest BCUT2D eigenvalue weighted by molar-refractivity contribution is -0.141. The second-order valence-corrected chi connectivity index (χ2v) is 7.58. The predicted molar refractivity (Wildman–Crippen MR) is 84.3 cm³/mol. The number of hydrogen-bond donors (Lipinski definition) is 1. The molecule has 1 aromatic carbocycles. The summed E-state index contributed by atoms with van der Waals surface area (Å²) in [7, 11) is 0. The van der Waals surface area contributed by atoms with Crippen molar-refractivity contribution in [3.05, 3.63) is 33.3 Å². The molecule has 0 bridgehead atoms. The Hall–Kier alpha value is -0.580. The van der Waals surface area contributed by atoms with E-state index >= 15 is 0 Å². The Morgan fingerprint density at radius 3 is 2.55 bits per heavy atom. The Labute approximate surface area is 133 Å². The molecular weight excluding hydrogens is 342 g/mol. The first-order chi connectivity index (χ1) is 9.20. The molecule has 1 aromatic rings. The number of hydrogen-bond acceptors (Lipinski definition) is 2. The van der Waals surface area contributed by atoms with Crippen molar-refractivity contribution >= 4 is 33.5 Å². The Kier molecular flexibility index (Phi) is 4.47. The maximum Gasteiger partial charge on any atom is 0.308 e. The van der Waals surface area contributed by atoms with Gasteiger partial charge in [-0.3, -0.25) is 9.69 Å². The standard InChI is InChI=1S/C15H19BrClNO2/c1-15(2,3)18-7-11(12(8-18)14(19)20)10-5-4-9(17)6-13(10)16/h4-6,11-12H,7-8H2,1-3H3,(H,19,20)/t11-,12+/m1/s1. The van der Waals surface area contributed by atoms with Gasteiger partial charge in [0.2, 0.25) is 0 Å². The molecular formula is C15H19BrClNO2. The van der Waals surface area contributed by atoms with E-state index in [0.717, 1.165) is 16.6 Å². The smallest absolute Gasteiger partial charge is 0.308 e. The minimum Gasteiger partial charge on any atom is -0.481 e. The molecule has 0 amide bonds. The monoisotopic (exact) mass is 359 g/mol. The minimum absolute atomic E-state index is 0.0154. The third-order valence-electron chi connectivity index (χ3n) is 3.95. The van der Waals surface area contributed by atoms with Gasteiger partial charge in [-0.2, -0.15) is 0 Å². The van der Waals surface area contributed by atoms with E-state index in [0.29, 0.717) is 11.6 Å². The maximum atomic E-state index is 11.6. The summed E-state index contributed by atoms with van der Waals surface area (Å²) in [6.45, 7) is 7.68. The number of carboxylic acid groups (broad SMARTS) is 1. The third kappa shape index (κ3) is 3.18. The van der Waals surface area contributed by atoms with Crippen molar-refractivity contribution in [2.24, 2.45) is 5.92 Å². The van der Waals surface area contributed by atoms with Crippen molar-refractivity contribution in [2.45, 2.75) is 32.2 Å². The Balaban J connectivity index is 2.35. The summed E-state index contributed by atoms with van der Waals surface area (Å²) in [5.74, 6) is -1.13. The Bertz CT molecular complexity index is 527. The molecule has 2 rings (SSSR count). The predicted octanol–water partition coefficient (Wildman–Crippen LogP) is 4.00. The molecule has 0 aromatic heterocycles. The fourth-order valence-corrected chi connectivity index (χ4v) is 3.70. The van der Waals surface area contributed by atoms with Gasteiger partial charge >= 0.3 is 5.97 Å². The van der Waals surface area contributed by atoms with E-state index in [9.17, 15) is 9.90 Å². The number of rotatable bonds is 2. The average Bonchev–Trinajstić information content (AvgIpc) is 2.73. The SMILES string of the molecule is CC(C)(C)N1C[C@H](C(=O)O)[C@@H](c2ccc(Cl)cc2Br)C1. The van der Waals surface area contributed by atoms with E-state index in [4.69, 9.17) is 11.6 Å². The van der Waals surface area contributed by atoms with Crippen molar-refractivity contribution in [1.82, 2.24) is 4.90 Å². The highest BCUT2D eigenvalue weighted by Gasteiger charge is 2.42. The zero-order valence-electron chi connectivity index (χ0n) is 11.9. The van der Waals surface area contributed by atoms with Crippen LogP contribution in [0.2, 0.25) is 5.02 Å². The molecule has 0 unspecified atom stereocenters. The van der Waals surface area contributed by atoms with Gasteiger partial charge in [-0.1, -0.05) is 33.6 Å². The minimum atomic E-state index is -0.733. The largest absolute Gasteiger partial charge is 0.481 e. The first-order valence-electron chi connectivity index (χ1n) is 6.63. The van der Waals surface area contributed by atoms with Gasteiger partial charge in [0, 0.05) is 34.0 Å². The molecule has 2 atom stereocenters. The van der Waals surface area contributed by atoms with Crippen LogP contribution in [0.3, 0.4) is 0 Å². The zero-order chi connectivity index (χ0) is 15.1. The normalized spacial score (nSPS) is 24.1. The van der Waals surface area contributed by atoms with Gasteiger partial charge in [0.25, 0.3) is 0 Å². The highest BCUT2D eigenvalue weighted by atomic mass is 79.9. The van der Waals surface area contributed by atoms with Gasteiger partial charge in [0.1, 0.15) is 0 Å². The zero-order valence-corrected chi connectivity index (χ0v) is 14.2. The molecule has 0 spiro atoms. The van der Waals surface area contributed by atoms with Crippen molar-refractivity contribution in [2.75, 3.05) is 13.1 Å². The number of aliphatic carboxylic acids is 1. The van der Waals surface area contributed by atoms with Crippen LogP contribution in [0.1, 0.15) is 32.3 Å². The first-order valence-corrected chi connectivity index (χ1v) is 7.80. The van der Waals surface area contributed by atoms with Crippen LogP contribution in [0, 0.1) is 5.92 Å². The quantitative estimate of drug-likeness (QED) is 0.866. The van der Waals surface area contributed by atoms with E-state index in [2.05, 4.69) is 41.6 Å². The van der Waals surface area contributed by atoms with Crippen LogP contribution < -0.4 is 0 Å². The number of carboxylic acids is 1. The molecule has 5 heteroatoms. The van der Waals surface area contributed by atoms with Crippen LogP contribution in [0.5, 0.6) is 0 Å². The lowest BCUT2D eigenvalue weighted by Gasteiger charge is -2.31. The molecule has 1 heterocycles. The van der Waals surface area contributed by atoms with E-state index in [-0.39, 0.29) is 17.4 Å². The molecule has 110 valence electrons. The molecule has 20 heavy (non-hydrogen) atoms. The van der Waals surface area contributed by atoms with Gasteiger partial charge in [0.05, 0.1) is 5.92 Å². The summed E-state index contributed by atoms with van der Waals surface area (Å²) >= 11 is 9.48. The van der Waals surface area contributed by atoms with Crippen LogP contribution in [-0.2, 0) is 4.79 Å². The summed E-state index contributed by atoms with van der Waals surface area (Å²) in [6.07, 6.45) is 0. The van der Waals surface area contributed by atoms with Crippen LogP contribution in [0.4, 0.5) is 0 Å². The number of nitrogens with zero attached hydrogens (tertiary/aromatic N) is 1. The molecule has 1 fully saturated rings. The number of benzene rings is 1. The summed E-state index contributed by atoms with van der Waals surface area (Å²) in [4.78, 5) is 13.8. The maximum absolute atomic E-state index is 11.6. The van der Waals surface area contributed by atoms with Crippen LogP contribution in [0.25, 0.3) is 0 Å². The summed E-state index contributed by atoms with van der Waals surface area (Å²) in [5.41, 5.74) is 0.995. The molecule has 1 aliphatic rings. The Morgan fingerprint density at radius 2 is 2.05 bits per heavy atom. The van der Waals surface area contributed by atoms with E-state index in [1.165, 1.54) is 0 Å². The molecule has 1 N–H and O–H groups in total. The fourth-order valence-electron chi connectivity index (χ4n) is 2.72. The second-order valence-electron chi connectivity index (χ2n) is 6.29. The van der Waals surface area contributed by atoms with E-state index < -0.39 is 5.97 Å². The van der Waals surface area contributed by atoms with Crippen LogP contribution in [-0.4, -0.2) is 34.6 Å². The lowest BCUT2D eigenvalue weighted by atomic mass is 9.89. The van der Waals surface area contributed by atoms with Crippen molar-refractivity contribution in [3.8, 4) is 0 Å². The lowest BCUT2D eigenvalue weighted by Crippen LogP contribution is -2.40. The highest BCUT2D eigenvalue weighted by molar-refractivity contribution is 9.10. The van der Waals surface area contributed by atoms with Gasteiger partial charge in [-0.05, 0) is 38.5 Å².